The van der Waals surface area contributed by atoms with E-state index in [1.807, 2.05) is 0 Å². The number of benzene rings is 3. The van der Waals surface area contributed by atoms with E-state index in [0.29, 0.717) is 16.7 Å². The van der Waals surface area contributed by atoms with Crippen molar-refractivity contribution in [1.29, 1.82) is 0 Å². The van der Waals surface area contributed by atoms with Crippen LogP contribution in [0.4, 0.5) is 8.78 Å². The number of hydrogen-bond donors (Lipinski definition) is 2. The lowest BCUT2D eigenvalue weighted by Crippen LogP contribution is -2.23. The standard InChI is InChI=1S/C23H13F2NO4.CO2/c1-2-7-26-23(29)13-5-3-12(4-6-13)22-14-8-16(24)18(27)10-20(14)30-21-11-19(28)17(25)9-15(21)22;2-1-3/h1,3-6,8-11,27H,7H2,(H,26,29);. The van der Waals surface area contributed by atoms with Crippen LogP contribution in [0, 0.1) is 24.0 Å². The number of hydrogen-bond acceptors (Lipinski definition) is 6. The van der Waals surface area contributed by atoms with E-state index in [0.717, 1.165) is 24.3 Å². The molecular formula is C24H13F2NO6. The van der Waals surface area contributed by atoms with Crippen molar-refractivity contribution in [1.82, 2.24) is 5.32 Å². The topological polar surface area (TPSA) is 114 Å². The zero-order valence-electron chi connectivity index (χ0n) is 16.6. The highest BCUT2D eigenvalue weighted by Gasteiger charge is 2.21. The fraction of sp³-hybridized carbons (Fsp3) is 0.0417. The molecule has 2 N–H and O–H groups in total. The zero-order chi connectivity index (χ0) is 24.1. The van der Waals surface area contributed by atoms with Gasteiger partial charge >= 0.3 is 6.15 Å². The van der Waals surface area contributed by atoms with Gasteiger partial charge in [-0.15, -0.1) is 6.42 Å². The molecule has 0 aromatic heterocycles. The van der Waals surface area contributed by atoms with Gasteiger partial charge in [0.15, 0.2) is 17.4 Å². The molecular weight excluding hydrogens is 436 g/mol. The Bertz CT molecular complexity index is 1460. The molecule has 2 aliphatic rings. The minimum Gasteiger partial charge on any atom is -0.505 e. The lowest BCUT2D eigenvalue weighted by atomic mass is 9.93. The lowest BCUT2D eigenvalue weighted by molar-refractivity contribution is -0.191. The van der Waals surface area contributed by atoms with Gasteiger partial charge in [0, 0.05) is 34.2 Å². The third-order valence-corrected chi connectivity index (χ3v) is 4.63. The van der Waals surface area contributed by atoms with Crippen molar-refractivity contribution < 1.29 is 32.7 Å². The summed E-state index contributed by atoms with van der Waals surface area (Å²) in [5.74, 6) is -0.476. The first-order valence-corrected chi connectivity index (χ1v) is 9.20. The Morgan fingerprint density at radius 2 is 1.73 bits per heavy atom. The molecule has 2 aromatic carbocycles. The second-order valence-corrected chi connectivity index (χ2v) is 6.60. The summed E-state index contributed by atoms with van der Waals surface area (Å²) in [4.78, 5) is 40.0. The molecule has 0 saturated heterocycles. The van der Waals surface area contributed by atoms with E-state index in [-0.39, 0.29) is 40.9 Å². The predicted molar refractivity (Wildman–Crippen MR) is 112 cm³/mol. The van der Waals surface area contributed by atoms with E-state index in [2.05, 4.69) is 11.2 Å². The molecule has 1 heterocycles. The van der Waals surface area contributed by atoms with E-state index < -0.39 is 22.8 Å². The smallest absolute Gasteiger partial charge is 0.373 e. The molecule has 164 valence electrons. The Hall–Kier alpha value is -4.80. The fourth-order valence-electron chi connectivity index (χ4n) is 3.23. The number of halogens is 2. The first kappa shape index (κ1) is 22.9. The van der Waals surface area contributed by atoms with Gasteiger partial charge in [0.25, 0.3) is 5.91 Å². The first-order chi connectivity index (χ1) is 15.8. The maximum atomic E-state index is 14.1. The van der Waals surface area contributed by atoms with Crippen LogP contribution in [0.5, 0.6) is 5.75 Å². The van der Waals surface area contributed by atoms with Crippen LogP contribution in [0.1, 0.15) is 10.4 Å². The Morgan fingerprint density at radius 1 is 1.06 bits per heavy atom. The summed E-state index contributed by atoms with van der Waals surface area (Å²) in [5.41, 5.74) is 0.757. The third kappa shape index (κ3) is 4.61. The third-order valence-electron chi connectivity index (χ3n) is 4.63. The number of aromatic hydroxyl groups is 1. The second-order valence-electron chi connectivity index (χ2n) is 6.60. The largest absolute Gasteiger partial charge is 0.505 e. The van der Waals surface area contributed by atoms with Gasteiger partial charge in [0.1, 0.15) is 11.3 Å². The van der Waals surface area contributed by atoms with Crippen molar-refractivity contribution in [2.75, 3.05) is 6.54 Å². The van der Waals surface area contributed by atoms with Crippen LogP contribution >= 0.6 is 0 Å². The fourth-order valence-corrected chi connectivity index (χ4v) is 3.23. The first-order valence-electron chi connectivity index (χ1n) is 9.20. The maximum Gasteiger partial charge on any atom is 0.373 e. The molecule has 9 heteroatoms. The summed E-state index contributed by atoms with van der Waals surface area (Å²) in [5, 5.41) is 12.5. The molecule has 1 aliphatic carbocycles. The summed E-state index contributed by atoms with van der Waals surface area (Å²) in [6, 6.07) is 10.5. The average Bonchev–Trinajstić information content (AvgIpc) is 2.79. The van der Waals surface area contributed by atoms with Crippen molar-refractivity contribution >= 4 is 23.0 Å². The monoisotopic (exact) mass is 449 g/mol. The number of amides is 1. The van der Waals surface area contributed by atoms with Crippen LogP contribution in [0.2, 0.25) is 0 Å². The molecule has 1 aliphatic heterocycles. The van der Waals surface area contributed by atoms with E-state index in [1.165, 1.54) is 12.1 Å². The molecule has 0 unspecified atom stereocenters. The van der Waals surface area contributed by atoms with Crippen LogP contribution in [-0.4, -0.2) is 23.7 Å². The van der Waals surface area contributed by atoms with Crippen LogP contribution < -0.4 is 10.7 Å². The second kappa shape index (κ2) is 9.56. The summed E-state index contributed by atoms with van der Waals surface area (Å²) in [7, 11) is 0. The Kier molecular flexibility index (Phi) is 6.63. The minimum absolute atomic E-state index is 0.0748. The quantitative estimate of drug-likeness (QED) is 0.366. The molecule has 2 aromatic rings. The molecule has 33 heavy (non-hydrogen) atoms. The number of nitrogens with one attached hydrogen (secondary N) is 1. The number of fused-ring (bicyclic) bond motifs is 2. The van der Waals surface area contributed by atoms with Gasteiger partial charge in [0.05, 0.1) is 6.54 Å². The van der Waals surface area contributed by atoms with E-state index in [1.54, 1.807) is 12.1 Å². The Labute approximate surface area is 184 Å². The van der Waals surface area contributed by atoms with E-state index in [4.69, 9.17) is 20.4 Å². The summed E-state index contributed by atoms with van der Waals surface area (Å²) >= 11 is 0. The highest BCUT2D eigenvalue weighted by Crippen LogP contribution is 2.41. The van der Waals surface area contributed by atoms with Crippen LogP contribution in [0.25, 0.3) is 33.4 Å². The number of rotatable bonds is 3. The molecule has 0 atom stereocenters. The molecule has 0 spiro atoms. The van der Waals surface area contributed by atoms with Gasteiger partial charge in [-0.2, -0.15) is 9.59 Å². The van der Waals surface area contributed by atoms with Crippen LogP contribution in [0.3, 0.4) is 0 Å². The highest BCUT2D eigenvalue weighted by atomic mass is 19.1. The van der Waals surface area contributed by atoms with Crippen molar-refractivity contribution in [3.63, 3.8) is 0 Å². The molecule has 1 amide bonds. The van der Waals surface area contributed by atoms with Gasteiger partial charge in [0.2, 0.25) is 5.43 Å². The van der Waals surface area contributed by atoms with Gasteiger partial charge < -0.3 is 14.8 Å². The molecule has 4 rings (SSSR count). The summed E-state index contributed by atoms with van der Waals surface area (Å²) < 4.78 is 33.7. The van der Waals surface area contributed by atoms with Crippen molar-refractivity contribution in [2.45, 2.75) is 0 Å². The van der Waals surface area contributed by atoms with Gasteiger partial charge in [-0.3, -0.25) is 9.59 Å². The number of carbonyl (C=O) groups is 1. The average molecular weight is 449 g/mol. The van der Waals surface area contributed by atoms with Crippen LogP contribution in [0.15, 0.2) is 57.7 Å². The van der Waals surface area contributed by atoms with E-state index >= 15 is 0 Å². The van der Waals surface area contributed by atoms with Gasteiger partial charge in [-0.05, 0) is 29.8 Å². The minimum atomic E-state index is -0.983. The van der Waals surface area contributed by atoms with Crippen molar-refractivity contribution in [2.24, 2.45) is 0 Å². The van der Waals surface area contributed by atoms with E-state index in [9.17, 15) is 23.5 Å². The number of carbonyl (C=O) groups excluding carboxylic acids is 3. The Balaban J connectivity index is 0.000000968. The van der Waals surface area contributed by atoms with Crippen molar-refractivity contribution in [3.05, 3.63) is 76.0 Å². The van der Waals surface area contributed by atoms with Gasteiger partial charge in [-0.25, -0.2) is 8.78 Å². The lowest BCUT2D eigenvalue weighted by Gasteiger charge is -2.16. The SMILES string of the molecule is C#CCNC(=O)c1ccc(-c2c3cc(F)c(=O)cc-3oc3cc(O)c(F)cc23)cc1.O=C=O. The molecule has 0 saturated carbocycles. The summed E-state index contributed by atoms with van der Waals surface area (Å²) in [6.45, 7) is 0.0790. The normalized spacial score (nSPS) is 10.1. The number of phenols is 1. The predicted octanol–water partition coefficient (Wildman–Crippen LogP) is 3.33. The van der Waals surface area contributed by atoms with Gasteiger partial charge in [-0.1, -0.05) is 18.1 Å². The number of terminal acetylenes is 1. The molecule has 0 fully saturated rings. The number of phenolic OH excluding ortho intramolecular Hbond substituents is 1. The molecule has 7 nitrogen and oxygen atoms in total. The molecule has 0 bridgehead atoms. The Morgan fingerprint density at radius 3 is 2.36 bits per heavy atom. The van der Waals surface area contributed by atoms with Crippen LogP contribution in [-0.2, 0) is 9.59 Å². The maximum absolute atomic E-state index is 14.1. The summed E-state index contributed by atoms with van der Waals surface area (Å²) in [6.07, 6.45) is 5.38. The highest BCUT2D eigenvalue weighted by molar-refractivity contribution is 6.03. The molecule has 0 radical (unpaired) electrons. The van der Waals surface area contributed by atoms with Crippen molar-refractivity contribution in [3.8, 4) is 40.5 Å². The zero-order valence-corrected chi connectivity index (χ0v) is 16.6.